The Balaban J connectivity index is 1.87. The summed E-state index contributed by atoms with van der Waals surface area (Å²) in [5, 5.41) is 0. The molecule has 3 aromatic rings. The molecule has 0 fully saturated rings. The van der Waals surface area contributed by atoms with Crippen LogP contribution in [0.15, 0.2) is 60.7 Å². The maximum absolute atomic E-state index is 5.06. The third-order valence-electron chi connectivity index (χ3n) is 5.09. The summed E-state index contributed by atoms with van der Waals surface area (Å²) in [6, 6.07) is 17.2. The monoisotopic (exact) mass is 328 g/mol. The van der Waals surface area contributed by atoms with E-state index in [-0.39, 0.29) is 0 Å². The number of benzene rings is 2. The van der Waals surface area contributed by atoms with Gasteiger partial charge in [-0.15, -0.1) is 0 Å². The summed E-state index contributed by atoms with van der Waals surface area (Å²) in [4.78, 5) is 8.75. The van der Waals surface area contributed by atoms with Gasteiger partial charge in [0.15, 0.2) is 0 Å². The molecule has 2 heteroatoms. The first-order chi connectivity index (χ1) is 12.2. The molecule has 0 spiro atoms. The Morgan fingerprint density at radius 1 is 1.00 bits per heavy atom. The zero-order valence-electron chi connectivity index (χ0n) is 14.9. The average Bonchev–Trinajstić information content (AvgIpc) is 3.10. The summed E-state index contributed by atoms with van der Waals surface area (Å²) in [7, 11) is 0. The minimum atomic E-state index is 0.492. The zero-order chi connectivity index (χ0) is 17.2. The summed E-state index contributed by atoms with van der Waals surface area (Å²) in [5.74, 6) is 1.62. The van der Waals surface area contributed by atoms with Crippen molar-refractivity contribution >= 4 is 0 Å². The second-order valence-corrected chi connectivity index (χ2v) is 7.01. The lowest BCUT2D eigenvalue weighted by atomic mass is 9.94. The van der Waals surface area contributed by atoms with Gasteiger partial charge in [-0.25, -0.2) is 4.98 Å². The predicted octanol–water partition coefficient (Wildman–Crippen LogP) is 6.18. The fraction of sp³-hybridized carbons (Fsp3) is 0.261. The van der Waals surface area contributed by atoms with Gasteiger partial charge in [0.25, 0.3) is 0 Å². The summed E-state index contributed by atoms with van der Waals surface area (Å²) in [6.45, 7) is 4.32. The van der Waals surface area contributed by atoms with Gasteiger partial charge in [0.1, 0.15) is 5.82 Å². The largest absolute Gasteiger partial charge is 0.341 e. The van der Waals surface area contributed by atoms with Crippen molar-refractivity contribution in [3.8, 4) is 22.5 Å². The Kier molecular flexibility index (Phi) is 4.27. The van der Waals surface area contributed by atoms with E-state index < -0.39 is 0 Å². The van der Waals surface area contributed by atoms with E-state index >= 15 is 0 Å². The molecule has 4 rings (SSSR count). The minimum Gasteiger partial charge on any atom is -0.341 e. The van der Waals surface area contributed by atoms with E-state index in [1.807, 2.05) is 0 Å². The topological polar surface area (TPSA) is 28.7 Å². The molecule has 2 aromatic carbocycles. The minimum absolute atomic E-state index is 0.492. The Morgan fingerprint density at radius 3 is 2.60 bits per heavy atom. The van der Waals surface area contributed by atoms with Crippen molar-refractivity contribution in [2.75, 3.05) is 0 Å². The quantitative estimate of drug-likeness (QED) is 0.571. The first-order valence-electron chi connectivity index (χ1n) is 9.10. The normalized spacial score (nSPS) is 17.0. The third-order valence-corrected chi connectivity index (χ3v) is 5.09. The van der Waals surface area contributed by atoms with Crippen molar-refractivity contribution in [1.82, 2.24) is 9.97 Å². The number of rotatable bonds is 3. The van der Waals surface area contributed by atoms with Gasteiger partial charge in [-0.2, -0.15) is 0 Å². The van der Waals surface area contributed by atoms with Gasteiger partial charge < -0.3 is 4.98 Å². The lowest BCUT2D eigenvalue weighted by Gasteiger charge is -2.14. The lowest BCUT2D eigenvalue weighted by Crippen LogP contribution is -2.02. The second-order valence-electron chi connectivity index (χ2n) is 7.01. The highest BCUT2D eigenvalue weighted by molar-refractivity contribution is 5.80. The zero-order valence-corrected chi connectivity index (χ0v) is 14.9. The molecular formula is C23H24N2. The van der Waals surface area contributed by atoms with Crippen LogP contribution in [0.4, 0.5) is 0 Å². The summed E-state index contributed by atoms with van der Waals surface area (Å²) in [5.41, 5.74) is 7.20. The average molecular weight is 328 g/mol. The molecule has 0 aliphatic heterocycles. The van der Waals surface area contributed by atoms with Crippen LogP contribution in [0.3, 0.4) is 0 Å². The van der Waals surface area contributed by atoms with E-state index in [0.29, 0.717) is 5.92 Å². The van der Waals surface area contributed by atoms with Crippen molar-refractivity contribution in [2.45, 2.75) is 39.0 Å². The fourth-order valence-electron chi connectivity index (χ4n) is 3.63. The molecule has 1 N–H and O–H groups in total. The van der Waals surface area contributed by atoms with Gasteiger partial charge in [-0.05, 0) is 44.7 Å². The highest BCUT2D eigenvalue weighted by Crippen LogP contribution is 2.36. The van der Waals surface area contributed by atoms with Gasteiger partial charge in [0.2, 0.25) is 0 Å². The predicted molar refractivity (Wildman–Crippen MR) is 105 cm³/mol. The van der Waals surface area contributed by atoms with Crippen LogP contribution >= 0.6 is 0 Å². The first kappa shape index (κ1) is 15.9. The van der Waals surface area contributed by atoms with Crippen LogP contribution in [0.1, 0.15) is 42.1 Å². The number of H-pyrrole nitrogens is 1. The van der Waals surface area contributed by atoms with E-state index in [2.05, 4.69) is 79.5 Å². The molecule has 0 bridgehead atoms. The number of nitrogens with zero attached hydrogens (tertiary/aromatic N) is 1. The maximum Gasteiger partial charge on any atom is 0.110 e. The van der Waals surface area contributed by atoms with Crippen molar-refractivity contribution in [1.29, 1.82) is 0 Å². The molecule has 1 heterocycles. The molecule has 0 amide bonds. The van der Waals surface area contributed by atoms with Crippen LogP contribution in [-0.4, -0.2) is 9.97 Å². The number of nitrogens with one attached hydrogen (secondary N) is 1. The standard InChI is InChI=1S/C23H24N2/c1-16-13-14-17(2)20(15-16)22-21(18-9-5-3-6-10-18)24-23(25-22)19-11-7-4-8-12-19/h3-7,9-10,13-15,19H,8,11-12H2,1-2H3,(H,24,25)/t19-/m0/s1. The Bertz CT molecular complexity index is 903. The highest BCUT2D eigenvalue weighted by Gasteiger charge is 2.21. The first-order valence-corrected chi connectivity index (χ1v) is 9.10. The molecule has 1 aromatic heterocycles. The molecule has 1 aliphatic carbocycles. The number of hydrogen-bond donors (Lipinski definition) is 1. The second kappa shape index (κ2) is 6.72. The van der Waals surface area contributed by atoms with Crippen LogP contribution in [0.25, 0.3) is 22.5 Å². The van der Waals surface area contributed by atoms with Crippen molar-refractivity contribution < 1.29 is 0 Å². The van der Waals surface area contributed by atoms with E-state index in [4.69, 9.17) is 4.98 Å². The SMILES string of the molecule is Cc1ccc(C)c(-c2[nH]c([C@H]3CC=CCC3)nc2-c2ccccc2)c1. The number of allylic oxidation sites excluding steroid dienone is 2. The van der Waals surface area contributed by atoms with Crippen LogP contribution in [-0.2, 0) is 0 Å². The number of imidazole rings is 1. The molecule has 0 saturated heterocycles. The van der Waals surface area contributed by atoms with Gasteiger partial charge in [0.05, 0.1) is 11.4 Å². The molecule has 126 valence electrons. The van der Waals surface area contributed by atoms with Gasteiger partial charge in [0, 0.05) is 17.0 Å². The number of hydrogen-bond acceptors (Lipinski definition) is 1. The molecule has 0 unspecified atom stereocenters. The van der Waals surface area contributed by atoms with Crippen LogP contribution in [0.5, 0.6) is 0 Å². The van der Waals surface area contributed by atoms with Crippen molar-refractivity contribution in [2.24, 2.45) is 0 Å². The smallest absolute Gasteiger partial charge is 0.110 e. The van der Waals surface area contributed by atoms with Gasteiger partial charge in [-0.3, -0.25) is 0 Å². The Labute approximate surface area is 149 Å². The number of aromatic nitrogens is 2. The van der Waals surface area contributed by atoms with Gasteiger partial charge >= 0.3 is 0 Å². The lowest BCUT2D eigenvalue weighted by molar-refractivity contribution is 0.589. The highest BCUT2D eigenvalue weighted by atomic mass is 14.9. The van der Waals surface area contributed by atoms with E-state index in [1.54, 1.807) is 0 Å². The Hall–Kier alpha value is -2.61. The van der Waals surface area contributed by atoms with E-state index in [9.17, 15) is 0 Å². The van der Waals surface area contributed by atoms with E-state index in [0.717, 1.165) is 30.1 Å². The third kappa shape index (κ3) is 3.17. The maximum atomic E-state index is 5.06. The Morgan fingerprint density at radius 2 is 1.84 bits per heavy atom. The summed E-state index contributed by atoms with van der Waals surface area (Å²) >= 11 is 0. The van der Waals surface area contributed by atoms with E-state index in [1.165, 1.54) is 28.7 Å². The molecule has 0 radical (unpaired) electrons. The number of aryl methyl sites for hydroxylation is 2. The van der Waals surface area contributed by atoms with Crippen LogP contribution in [0, 0.1) is 13.8 Å². The fourth-order valence-corrected chi connectivity index (χ4v) is 3.63. The van der Waals surface area contributed by atoms with Gasteiger partial charge in [-0.1, -0.05) is 60.2 Å². The van der Waals surface area contributed by atoms with Crippen molar-refractivity contribution in [3.05, 3.63) is 77.6 Å². The van der Waals surface area contributed by atoms with Crippen LogP contribution in [0.2, 0.25) is 0 Å². The number of aromatic amines is 1. The molecule has 2 nitrogen and oxygen atoms in total. The van der Waals surface area contributed by atoms with Crippen LogP contribution < -0.4 is 0 Å². The molecular weight excluding hydrogens is 304 g/mol. The molecule has 0 saturated carbocycles. The molecule has 1 aliphatic rings. The molecule has 25 heavy (non-hydrogen) atoms. The summed E-state index contributed by atoms with van der Waals surface area (Å²) < 4.78 is 0. The molecule has 1 atom stereocenters. The summed E-state index contributed by atoms with van der Waals surface area (Å²) in [6.07, 6.45) is 7.96. The van der Waals surface area contributed by atoms with Crippen molar-refractivity contribution in [3.63, 3.8) is 0 Å².